The summed E-state index contributed by atoms with van der Waals surface area (Å²) in [6.07, 6.45) is 9.86. The summed E-state index contributed by atoms with van der Waals surface area (Å²) in [6, 6.07) is 38.0. The van der Waals surface area contributed by atoms with Crippen LogP contribution in [0, 0.1) is 71.5 Å². The number of nitro benzene ring substituents is 2. The third-order valence-electron chi connectivity index (χ3n) is 18.5. The van der Waals surface area contributed by atoms with Crippen LogP contribution in [0.1, 0.15) is 125 Å². The maximum absolute atomic E-state index is 12.9. The van der Waals surface area contributed by atoms with E-state index in [0.29, 0.717) is 97.0 Å². The van der Waals surface area contributed by atoms with Gasteiger partial charge < -0.3 is 61.7 Å². The number of nitrogens with zero attached hydrogens (tertiary/aromatic N) is 11. The van der Waals surface area contributed by atoms with Crippen molar-refractivity contribution in [1.82, 2.24) is 61.7 Å². The average molecular weight is 1440 g/mol. The highest BCUT2D eigenvalue weighted by molar-refractivity contribution is 5.82. The Balaban J connectivity index is 0.000000220. The molecule has 560 valence electrons. The molecule has 4 fully saturated rings. The first kappa shape index (κ1) is 83.2. The van der Waals surface area contributed by atoms with Crippen molar-refractivity contribution in [3.8, 4) is 24.3 Å². The molecule has 0 saturated carbocycles. The zero-order valence-electron chi connectivity index (χ0n) is 60.0. The number of amides is 8. The maximum Gasteiger partial charge on any atom is 0.269 e. The molecule has 30 heteroatoms. The largest absolute Gasteiger partial charge is 0.356 e. The molecular weight excluding hydrogens is 1340 g/mol. The number of benzene rings is 4. The quantitative estimate of drug-likeness (QED) is 0.0206. The van der Waals surface area contributed by atoms with Gasteiger partial charge in [0.1, 0.15) is 24.2 Å². The van der Waals surface area contributed by atoms with Crippen molar-refractivity contribution >= 4 is 58.6 Å². The van der Waals surface area contributed by atoms with Crippen molar-refractivity contribution in [2.45, 2.75) is 147 Å². The second-order valence-electron chi connectivity index (χ2n) is 26.2. The van der Waals surface area contributed by atoms with E-state index in [1.807, 2.05) is 41.3 Å². The standard InChI is InChI=1S/C22H30N4O2.C18H23N5O4.C18H24N4O2.C17H21N5O4/c1-16(2)22-19-8-4-3-6-17(19)10-13-26(22)20(27)9-11-24-15-21(28)25-12-5-7-18(25)14-23;19-12-16-2-1-11-22(16)18(25)13-20-9-8-17(24)21-10-7-14-3-5-15(6-4-14)23(26)27;19-13-16-7-4-12-22(16)18(24)14-20-10-9-17(23)21-11-8-15-5-2-1-3-6-15;18-10-15-2-1-9-21(15)17(24)12-19-8-7-16(23)20-11-13-3-5-14(6-4-13)22(25)26/h3-4,6,8,16,18,22,24H,5,7,9-13,15H2,1-2H3;3-6,16,20H,1-2,7-11,13H2,(H,21,24);1-3,5-6,16,20H,4,7-12,14H2,(H,21,23);3-6,15,19H,1-2,7-9,11-12H2,(H,20,23)/t18-,22?;2*16-;15-/m0000/s1. The number of hydrogen-bond donors (Lipinski definition) is 7. The Morgan fingerprint density at radius 1 is 0.429 bits per heavy atom. The average Bonchev–Trinajstić information content (AvgIpc) is 1.71. The fourth-order valence-electron chi connectivity index (χ4n) is 12.8. The second kappa shape index (κ2) is 45.4. The lowest BCUT2D eigenvalue weighted by molar-refractivity contribution is -0.385. The SMILES string of the molecule is CC(C)C1c2ccccc2CCN1C(=O)CCNCC(=O)N1CCC[C@H]1C#N.N#C[C@@H]1CCCN1C(=O)CNCCC(=O)NCCc1ccc([N+](=O)[O-])cc1.N#C[C@@H]1CCCN1C(=O)CNCCC(=O)NCCc1ccccc1.N#C[C@@H]1CCCN1C(=O)CNCCC(=O)NCc1ccc([N+](=O)[O-])cc1. The predicted molar refractivity (Wildman–Crippen MR) is 389 cm³/mol. The lowest BCUT2D eigenvalue weighted by atomic mass is 9.86. The fraction of sp³-hybridized carbons (Fsp3) is 0.520. The number of nitro groups is 2. The zero-order valence-corrected chi connectivity index (χ0v) is 60.0. The fourth-order valence-corrected chi connectivity index (χ4v) is 12.8. The Labute approximate surface area is 613 Å². The number of fused-ring (bicyclic) bond motifs is 1. The van der Waals surface area contributed by atoms with Crippen LogP contribution in [0.5, 0.6) is 0 Å². The topological polar surface area (TPSA) is 418 Å². The summed E-state index contributed by atoms with van der Waals surface area (Å²) in [7, 11) is 0. The number of nitriles is 4. The van der Waals surface area contributed by atoms with Crippen molar-refractivity contribution in [2.24, 2.45) is 5.92 Å². The number of rotatable bonds is 31. The van der Waals surface area contributed by atoms with E-state index in [9.17, 15) is 58.6 Å². The lowest BCUT2D eigenvalue weighted by Crippen LogP contribution is -2.44. The number of carbonyl (C=O) groups is 8. The second-order valence-corrected chi connectivity index (χ2v) is 26.2. The van der Waals surface area contributed by atoms with Gasteiger partial charge >= 0.3 is 0 Å². The van der Waals surface area contributed by atoms with Crippen LogP contribution in [0.4, 0.5) is 11.4 Å². The molecule has 9 rings (SSSR count). The third-order valence-corrected chi connectivity index (χ3v) is 18.5. The first-order valence-corrected chi connectivity index (χ1v) is 36.0. The van der Waals surface area contributed by atoms with E-state index in [4.69, 9.17) is 21.0 Å². The molecule has 5 aliphatic heterocycles. The molecule has 0 aliphatic carbocycles. The van der Waals surface area contributed by atoms with Crippen molar-refractivity contribution in [2.75, 3.05) is 98.2 Å². The normalized spacial score (nSPS) is 17.6. The highest BCUT2D eigenvalue weighted by atomic mass is 16.6. The third kappa shape index (κ3) is 28.1. The first-order valence-electron chi connectivity index (χ1n) is 36.0. The Kier molecular flexibility index (Phi) is 35.9. The first-order chi connectivity index (χ1) is 50.7. The van der Waals surface area contributed by atoms with Gasteiger partial charge in [0.25, 0.3) is 11.4 Å². The minimum atomic E-state index is -0.476. The van der Waals surface area contributed by atoms with Crippen molar-refractivity contribution in [1.29, 1.82) is 21.0 Å². The van der Waals surface area contributed by atoms with Gasteiger partial charge in [-0.25, -0.2) is 0 Å². The molecule has 4 aromatic carbocycles. The summed E-state index contributed by atoms with van der Waals surface area (Å²) < 4.78 is 0. The summed E-state index contributed by atoms with van der Waals surface area (Å²) in [5.41, 5.74) is 5.51. The monoisotopic (exact) mass is 1440 g/mol. The number of likely N-dealkylation sites (tertiary alicyclic amines) is 4. The highest BCUT2D eigenvalue weighted by Gasteiger charge is 2.34. The molecule has 30 nitrogen and oxygen atoms in total. The highest BCUT2D eigenvalue weighted by Crippen LogP contribution is 2.35. The van der Waals surface area contributed by atoms with Crippen LogP contribution >= 0.6 is 0 Å². The van der Waals surface area contributed by atoms with Gasteiger partial charge in [-0.3, -0.25) is 58.6 Å². The number of carbonyl (C=O) groups excluding carboxylic acids is 8. The van der Waals surface area contributed by atoms with E-state index in [2.05, 4.69) is 93.5 Å². The Hall–Kier alpha value is -10.8. The minimum absolute atomic E-state index is 0.00517. The molecule has 105 heavy (non-hydrogen) atoms. The molecule has 5 heterocycles. The number of non-ortho nitro benzene ring substituents is 2. The lowest BCUT2D eigenvalue weighted by Gasteiger charge is -2.40. The van der Waals surface area contributed by atoms with Crippen LogP contribution in [0.3, 0.4) is 0 Å². The van der Waals surface area contributed by atoms with Gasteiger partial charge in [0.05, 0.1) is 66.3 Å². The van der Waals surface area contributed by atoms with Gasteiger partial charge in [0.2, 0.25) is 47.3 Å². The maximum atomic E-state index is 12.9. The van der Waals surface area contributed by atoms with Crippen LogP contribution in [0.25, 0.3) is 0 Å². The summed E-state index contributed by atoms with van der Waals surface area (Å²) >= 11 is 0. The summed E-state index contributed by atoms with van der Waals surface area (Å²) in [5, 5.41) is 77.5. The Morgan fingerprint density at radius 2 is 0.781 bits per heavy atom. The van der Waals surface area contributed by atoms with Crippen LogP contribution in [-0.4, -0.2) is 204 Å². The Morgan fingerprint density at radius 3 is 1.16 bits per heavy atom. The van der Waals surface area contributed by atoms with Gasteiger partial charge in [-0.2, -0.15) is 21.0 Å². The van der Waals surface area contributed by atoms with Gasteiger partial charge in [-0.1, -0.05) is 92.7 Å². The molecule has 0 aromatic heterocycles. The van der Waals surface area contributed by atoms with E-state index in [-0.39, 0.29) is 134 Å². The summed E-state index contributed by atoms with van der Waals surface area (Å²) in [6.45, 7) is 11.2. The minimum Gasteiger partial charge on any atom is -0.356 e. The van der Waals surface area contributed by atoms with Gasteiger partial charge in [0, 0.05) is 128 Å². The van der Waals surface area contributed by atoms with E-state index in [0.717, 1.165) is 75.5 Å². The van der Waals surface area contributed by atoms with Crippen molar-refractivity contribution < 1.29 is 48.2 Å². The smallest absolute Gasteiger partial charge is 0.269 e. The number of nitrogens with one attached hydrogen (secondary N) is 7. The molecule has 7 N–H and O–H groups in total. The molecule has 0 bridgehead atoms. The molecule has 4 saturated heterocycles. The van der Waals surface area contributed by atoms with Crippen LogP contribution < -0.4 is 37.2 Å². The van der Waals surface area contributed by atoms with Crippen LogP contribution in [0.2, 0.25) is 0 Å². The summed E-state index contributed by atoms with van der Waals surface area (Å²) in [4.78, 5) is 125. The molecular formula is C75H98N18O12. The predicted octanol–water partition coefficient (Wildman–Crippen LogP) is 4.56. The molecule has 0 spiro atoms. The van der Waals surface area contributed by atoms with E-state index >= 15 is 0 Å². The molecule has 1 unspecified atom stereocenters. The molecule has 5 aliphatic rings. The van der Waals surface area contributed by atoms with E-state index in [1.165, 1.54) is 41.0 Å². The van der Waals surface area contributed by atoms with Gasteiger partial charge in [-0.15, -0.1) is 0 Å². The molecule has 8 amide bonds. The van der Waals surface area contributed by atoms with Gasteiger partial charge in [-0.05, 0) is 104 Å². The van der Waals surface area contributed by atoms with E-state index < -0.39 is 9.85 Å². The van der Waals surface area contributed by atoms with Crippen molar-refractivity contribution in [3.63, 3.8) is 0 Å². The zero-order chi connectivity index (χ0) is 75.9. The molecule has 5 atom stereocenters. The molecule has 4 aromatic rings. The molecule has 0 radical (unpaired) electrons. The van der Waals surface area contributed by atoms with Crippen LogP contribution in [0.15, 0.2) is 103 Å². The Bertz CT molecular complexity index is 3700. The summed E-state index contributed by atoms with van der Waals surface area (Å²) in [5.74, 6) is -0.221. The van der Waals surface area contributed by atoms with Crippen LogP contribution in [-0.2, 0) is 64.2 Å². The van der Waals surface area contributed by atoms with Crippen molar-refractivity contribution in [3.05, 3.63) is 151 Å². The van der Waals surface area contributed by atoms with E-state index in [1.54, 1.807) is 43.9 Å². The number of hydrogen-bond acceptors (Lipinski definition) is 20. The van der Waals surface area contributed by atoms with Gasteiger partial charge in [0.15, 0.2) is 0 Å².